The van der Waals surface area contributed by atoms with Crippen LogP contribution in [0.4, 0.5) is 14.9 Å². The summed E-state index contributed by atoms with van der Waals surface area (Å²) < 4.78 is 20.7. The molecular weight excluding hydrogens is 487 g/mol. The predicted molar refractivity (Wildman–Crippen MR) is 104 cm³/mol. The number of ether oxygens (including phenoxy) is 1. The number of benzene rings is 2. The predicted octanol–water partition coefficient (Wildman–Crippen LogP) is 4.03. The first-order valence-corrected chi connectivity index (χ1v) is 9.11. The van der Waals surface area contributed by atoms with E-state index in [0.717, 1.165) is 6.07 Å². The number of imide groups is 2. The number of barbiturate groups is 1. The van der Waals surface area contributed by atoms with Gasteiger partial charge in [-0.1, -0.05) is 28.1 Å². The quantitative estimate of drug-likeness (QED) is 0.513. The van der Waals surface area contributed by atoms with Crippen LogP contribution in [0.25, 0.3) is 6.08 Å². The highest BCUT2D eigenvalue weighted by Crippen LogP contribution is 2.34. The second-order valence-corrected chi connectivity index (χ2v) is 7.19. The van der Waals surface area contributed by atoms with Crippen molar-refractivity contribution >= 4 is 61.5 Å². The van der Waals surface area contributed by atoms with Crippen molar-refractivity contribution in [1.82, 2.24) is 5.32 Å². The van der Waals surface area contributed by atoms with Crippen molar-refractivity contribution in [3.8, 4) is 5.75 Å². The maximum atomic E-state index is 14.1. The Hall–Kier alpha value is -2.52. The van der Waals surface area contributed by atoms with Gasteiger partial charge in [-0.2, -0.15) is 0 Å². The first-order valence-electron chi connectivity index (χ1n) is 7.52. The maximum absolute atomic E-state index is 14.1. The number of hydrogen-bond acceptors (Lipinski definition) is 4. The molecule has 1 heterocycles. The molecule has 0 atom stereocenters. The Labute approximate surface area is 170 Å². The van der Waals surface area contributed by atoms with E-state index in [2.05, 4.69) is 37.2 Å². The number of carbonyl (C=O) groups is 3. The van der Waals surface area contributed by atoms with E-state index < -0.39 is 23.7 Å². The third-order valence-electron chi connectivity index (χ3n) is 3.74. The molecule has 27 heavy (non-hydrogen) atoms. The minimum absolute atomic E-state index is 0.249. The van der Waals surface area contributed by atoms with Crippen molar-refractivity contribution in [3.63, 3.8) is 0 Å². The van der Waals surface area contributed by atoms with Crippen LogP contribution in [-0.4, -0.2) is 25.0 Å². The summed E-state index contributed by atoms with van der Waals surface area (Å²) in [7, 11) is 1.44. The number of para-hydroxylation sites is 1. The Kier molecular flexibility index (Phi) is 5.43. The molecule has 1 aliphatic heterocycles. The number of urea groups is 1. The summed E-state index contributed by atoms with van der Waals surface area (Å²) in [6.45, 7) is 0. The molecule has 0 saturated carbocycles. The molecule has 138 valence electrons. The summed E-state index contributed by atoms with van der Waals surface area (Å²) in [4.78, 5) is 37.8. The van der Waals surface area contributed by atoms with E-state index in [1.165, 1.54) is 31.4 Å². The number of rotatable bonds is 3. The molecule has 3 rings (SSSR count). The van der Waals surface area contributed by atoms with Gasteiger partial charge >= 0.3 is 6.03 Å². The highest BCUT2D eigenvalue weighted by molar-refractivity contribution is 9.11. The minimum atomic E-state index is -1.02. The van der Waals surface area contributed by atoms with Crippen LogP contribution in [0.1, 0.15) is 5.56 Å². The highest BCUT2D eigenvalue weighted by Gasteiger charge is 2.38. The fourth-order valence-corrected chi connectivity index (χ4v) is 3.99. The van der Waals surface area contributed by atoms with Crippen molar-refractivity contribution in [3.05, 3.63) is 62.3 Å². The van der Waals surface area contributed by atoms with Gasteiger partial charge in [-0.15, -0.1) is 0 Å². The van der Waals surface area contributed by atoms with E-state index in [-0.39, 0.29) is 11.3 Å². The van der Waals surface area contributed by atoms with Gasteiger partial charge in [-0.05, 0) is 46.3 Å². The number of carbonyl (C=O) groups excluding carboxylic acids is 3. The zero-order chi connectivity index (χ0) is 19.7. The van der Waals surface area contributed by atoms with E-state index in [1.807, 2.05) is 0 Å². The van der Waals surface area contributed by atoms with Gasteiger partial charge < -0.3 is 4.74 Å². The molecule has 0 bridgehead atoms. The first kappa shape index (κ1) is 19.2. The topological polar surface area (TPSA) is 75.7 Å². The largest absolute Gasteiger partial charge is 0.495 e. The smallest absolute Gasteiger partial charge is 0.336 e. The van der Waals surface area contributed by atoms with Gasteiger partial charge in [0, 0.05) is 10.0 Å². The Morgan fingerprint density at radius 2 is 1.85 bits per heavy atom. The van der Waals surface area contributed by atoms with Gasteiger partial charge in [0.2, 0.25) is 0 Å². The third-order valence-corrected chi connectivity index (χ3v) is 4.78. The van der Waals surface area contributed by atoms with Crippen LogP contribution in [-0.2, 0) is 9.59 Å². The second kappa shape index (κ2) is 7.61. The van der Waals surface area contributed by atoms with Crippen LogP contribution in [0.15, 0.2) is 50.9 Å². The monoisotopic (exact) mass is 496 g/mol. The molecule has 2 aromatic carbocycles. The first-order chi connectivity index (χ1) is 12.8. The molecule has 1 saturated heterocycles. The van der Waals surface area contributed by atoms with E-state index in [0.29, 0.717) is 25.2 Å². The zero-order valence-electron chi connectivity index (χ0n) is 13.8. The average Bonchev–Trinajstić information content (AvgIpc) is 2.59. The molecule has 6 nitrogen and oxygen atoms in total. The van der Waals surface area contributed by atoms with Gasteiger partial charge in [-0.25, -0.2) is 14.1 Å². The Morgan fingerprint density at radius 1 is 1.15 bits per heavy atom. The van der Waals surface area contributed by atoms with Crippen LogP contribution in [0.2, 0.25) is 0 Å². The van der Waals surface area contributed by atoms with Crippen molar-refractivity contribution in [2.75, 3.05) is 12.0 Å². The van der Waals surface area contributed by atoms with E-state index in [1.54, 1.807) is 12.1 Å². The summed E-state index contributed by atoms with van der Waals surface area (Å²) in [6, 6.07) is 7.65. The molecule has 0 unspecified atom stereocenters. The maximum Gasteiger partial charge on any atom is 0.336 e. The Morgan fingerprint density at radius 3 is 2.52 bits per heavy atom. The lowest BCUT2D eigenvalue weighted by Gasteiger charge is -2.26. The molecule has 1 fully saturated rings. The van der Waals surface area contributed by atoms with Gasteiger partial charge in [-0.3, -0.25) is 14.9 Å². The second-order valence-electron chi connectivity index (χ2n) is 5.42. The van der Waals surface area contributed by atoms with Crippen molar-refractivity contribution < 1.29 is 23.5 Å². The number of halogens is 3. The molecule has 0 radical (unpaired) electrons. The lowest BCUT2D eigenvalue weighted by Crippen LogP contribution is -2.54. The molecule has 0 aromatic heterocycles. The summed E-state index contributed by atoms with van der Waals surface area (Å²) in [6.07, 6.45) is 1.28. The van der Waals surface area contributed by atoms with Gasteiger partial charge in [0.25, 0.3) is 11.8 Å². The Bertz CT molecular complexity index is 1010. The SMILES string of the molecule is COc1c(Br)cc(Br)cc1/C=C1/C(=O)NC(=O)N(c2ccccc2F)C1=O. The lowest BCUT2D eigenvalue weighted by molar-refractivity contribution is -0.122. The van der Waals surface area contributed by atoms with Crippen molar-refractivity contribution in [2.24, 2.45) is 0 Å². The molecule has 9 heteroatoms. The minimum Gasteiger partial charge on any atom is -0.495 e. The molecule has 1 aliphatic rings. The fourth-order valence-electron chi connectivity index (χ4n) is 2.57. The van der Waals surface area contributed by atoms with Gasteiger partial charge in [0.05, 0.1) is 17.3 Å². The average molecular weight is 498 g/mol. The summed E-state index contributed by atoms with van der Waals surface area (Å²) in [5.74, 6) is -2.19. The highest BCUT2D eigenvalue weighted by atomic mass is 79.9. The molecular formula is C18H11Br2FN2O4. The van der Waals surface area contributed by atoms with E-state index in [4.69, 9.17) is 4.74 Å². The fraction of sp³-hybridized carbons (Fsp3) is 0.0556. The van der Waals surface area contributed by atoms with Crippen LogP contribution in [0, 0.1) is 5.82 Å². The van der Waals surface area contributed by atoms with Gasteiger partial charge in [0.1, 0.15) is 17.1 Å². The molecule has 4 amide bonds. The van der Waals surface area contributed by atoms with Crippen LogP contribution >= 0.6 is 31.9 Å². The number of anilines is 1. The molecule has 0 spiro atoms. The van der Waals surface area contributed by atoms with Crippen LogP contribution in [0.5, 0.6) is 5.75 Å². The lowest BCUT2D eigenvalue weighted by atomic mass is 10.1. The van der Waals surface area contributed by atoms with E-state index in [9.17, 15) is 18.8 Å². The molecule has 2 aromatic rings. The third kappa shape index (κ3) is 3.65. The van der Waals surface area contributed by atoms with Crippen molar-refractivity contribution in [2.45, 2.75) is 0 Å². The van der Waals surface area contributed by atoms with E-state index >= 15 is 0 Å². The summed E-state index contributed by atoms with van der Waals surface area (Å²) in [5, 5.41) is 2.05. The summed E-state index contributed by atoms with van der Waals surface area (Å²) in [5.41, 5.74) is -0.165. The zero-order valence-corrected chi connectivity index (χ0v) is 16.9. The number of amides is 4. The number of nitrogens with one attached hydrogen (secondary N) is 1. The molecule has 1 N–H and O–H groups in total. The number of methoxy groups -OCH3 is 1. The molecule has 0 aliphatic carbocycles. The summed E-state index contributed by atoms with van der Waals surface area (Å²) >= 11 is 6.66. The number of hydrogen-bond donors (Lipinski definition) is 1. The van der Waals surface area contributed by atoms with Crippen molar-refractivity contribution in [1.29, 1.82) is 0 Å². The Balaban J connectivity index is 2.12. The normalized spacial score (nSPS) is 15.9. The number of nitrogens with zero attached hydrogens (tertiary/aromatic N) is 1. The van der Waals surface area contributed by atoms with Crippen LogP contribution in [0.3, 0.4) is 0 Å². The van der Waals surface area contributed by atoms with Gasteiger partial charge in [0.15, 0.2) is 0 Å². The standard InChI is InChI=1S/C18H11Br2FN2O4/c1-27-15-9(6-10(19)8-12(15)20)7-11-16(24)22-18(26)23(17(11)25)14-5-3-2-4-13(14)21/h2-8H,1H3,(H,22,24,26)/b11-7-. The van der Waals surface area contributed by atoms with Crippen LogP contribution < -0.4 is 15.0 Å².